The maximum absolute atomic E-state index is 12.9. The van der Waals surface area contributed by atoms with Crippen LogP contribution in [0.3, 0.4) is 0 Å². The first-order chi connectivity index (χ1) is 9.88. The van der Waals surface area contributed by atoms with Crippen molar-refractivity contribution in [2.75, 3.05) is 13.1 Å². The summed E-state index contributed by atoms with van der Waals surface area (Å²) in [5.41, 5.74) is 0.943. The Kier molecular flexibility index (Phi) is 5.40. The number of nitrogens with zero attached hydrogens (tertiary/aromatic N) is 1. The van der Waals surface area contributed by atoms with E-state index in [9.17, 15) is 8.42 Å². The lowest BCUT2D eigenvalue weighted by molar-refractivity contribution is 0.279. The van der Waals surface area contributed by atoms with Crippen LogP contribution in [0.1, 0.15) is 38.7 Å². The van der Waals surface area contributed by atoms with Gasteiger partial charge < -0.3 is 0 Å². The average Bonchev–Trinajstić information content (AvgIpc) is 2.93. The van der Waals surface area contributed by atoms with Crippen LogP contribution in [0.2, 0.25) is 0 Å². The second kappa shape index (κ2) is 6.57. The molecule has 0 saturated carbocycles. The molecule has 0 bridgehead atoms. The molecule has 118 valence electrons. The third-order valence-corrected chi connectivity index (χ3v) is 7.82. The maximum atomic E-state index is 12.9. The standard InChI is InChI=1S/C15H21BrClNO2S/c1-3-15(4-2)7-8-18(11-15)21(19,20)14-9-12(10-17)5-6-13(14)16/h5-6,9H,3-4,7-8,10-11H2,1-2H3. The van der Waals surface area contributed by atoms with E-state index in [1.807, 2.05) is 6.07 Å². The zero-order valence-corrected chi connectivity index (χ0v) is 15.6. The molecule has 21 heavy (non-hydrogen) atoms. The molecule has 0 amide bonds. The third kappa shape index (κ3) is 3.31. The van der Waals surface area contributed by atoms with Crippen LogP contribution >= 0.6 is 27.5 Å². The molecule has 0 aromatic heterocycles. The summed E-state index contributed by atoms with van der Waals surface area (Å²) in [4.78, 5) is 0.323. The second-order valence-electron chi connectivity index (χ2n) is 5.69. The molecule has 2 rings (SSSR count). The van der Waals surface area contributed by atoms with Gasteiger partial charge in [-0.1, -0.05) is 19.9 Å². The molecule has 1 aromatic rings. The molecule has 0 atom stereocenters. The van der Waals surface area contributed by atoms with Crippen molar-refractivity contribution in [2.24, 2.45) is 5.41 Å². The van der Waals surface area contributed by atoms with Gasteiger partial charge in [0.25, 0.3) is 0 Å². The smallest absolute Gasteiger partial charge is 0.207 e. The fourth-order valence-corrected chi connectivity index (χ4v) is 5.59. The highest BCUT2D eigenvalue weighted by Crippen LogP contribution is 2.40. The Morgan fingerprint density at radius 3 is 2.52 bits per heavy atom. The minimum Gasteiger partial charge on any atom is -0.207 e. The van der Waals surface area contributed by atoms with E-state index in [0.29, 0.717) is 28.3 Å². The van der Waals surface area contributed by atoms with Crippen molar-refractivity contribution in [3.05, 3.63) is 28.2 Å². The molecule has 3 nitrogen and oxygen atoms in total. The highest BCUT2D eigenvalue weighted by Gasteiger charge is 2.41. The zero-order valence-electron chi connectivity index (χ0n) is 12.4. The monoisotopic (exact) mass is 393 g/mol. The third-order valence-electron chi connectivity index (χ3n) is 4.67. The minimum absolute atomic E-state index is 0.129. The van der Waals surface area contributed by atoms with Crippen LogP contribution in [0.4, 0.5) is 0 Å². The second-order valence-corrected chi connectivity index (χ2v) is 8.72. The summed E-state index contributed by atoms with van der Waals surface area (Å²) in [5.74, 6) is 0.309. The van der Waals surface area contributed by atoms with Crippen LogP contribution in [-0.4, -0.2) is 25.8 Å². The fourth-order valence-electron chi connectivity index (χ4n) is 2.89. The van der Waals surface area contributed by atoms with Crippen molar-refractivity contribution >= 4 is 37.6 Å². The van der Waals surface area contributed by atoms with E-state index in [1.54, 1.807) is 16.4 Å². The lowest BCUT2D eigenvalue weighted by Crippen LogP contribution is -2.32. The van der Waals surface area contributed by atoms with Crippen molar-refractivity contribution in [2.45, 2.75) is 43.9 Å². The lowest BCUT2D eigenvalue weighted by atomic mass is 9.82. The van der Waals surface area contributed by atoms with Gasteiger partial charge in [-0.15, -0.1) is 11.6 Å². The van der Waals surface area contributed by atoms with Gasteiger partial charge in [0.15, 0.2) is 0 Å². The van der Waals surface area contributed by atoms with Gasteiger partial charge in [-0.2, -0.15) is 4.31 Å². The van der Waals surface area contributed by atoms with E-state index < -0.39 is 10.0 Å². The quantitative estimate of drug-likeness (QED) is 0.695. The van der Waals surface area contributed by atoms with Crippen LogP contribution in [0.5, 0.6) is 0 Å². The number of alkyl halides is 1. The first-order valence-corrected chi connectivity index (χ1v) is 10.00. The molecule has 6 heteroatoms. The van der Waals surface area contributed by atoms with Crippen LogP contribution in [0.25, 0.3) is 0 Å². The molecule has 0 spiro atoms. The summed E-state index contributed by atoms with van der Waals surface area (Å²) in [6.07, 6.45) is 2.96. The molecule has 0 radical (unpaired) electrons. The van der Waals surface area contributed by atoms with Crippen molar-refractivity contribution in [3.63, 3.8) is 0 Å². The molecule has 0 N–H and O–H groups in total. The first kappa shape index (κ1) is 17.3. The first-order valence-electron chi connectivity index (χ1n) is 7.23. The fraction of sp³-hybridized carbons (Fsp3) is 0.600. The van der Waals surface area contributed by atoms with E-state index in [1.165, 1.54) is 0 Å². The lowest BCUT2D eigenvalue weighted by Gasteiger charge is -2.26. The van der Waals surface area contributed by atoms with Gasteiger partial charge in [0, 0.05) is 23.4 Å². The van der Waals surface area contributed by atoms with Crippen LogP contribution in [-0.2, 0) is 15.9 Å². The van der Waals surface area contributed by atoms with Gasteiger partial charge in [-0.05, 0) is 58.3 Å². The molecule has 0 unspecified atom stereocenters. The average molecular weight is 395 g/mol. The van der Waals surface area contributed by atoms with Gasteiger partial charge in [0.2, 0.25) is 10.0 Å². The van der Waals surface area contributed by atoms with Gasteiger partial charge in [-0.3, -0.25) is 0 Å². The van der Waals surface area contributed by atoms with Crippen molar-refractivity contribution < 1.29 is 8.42 Å². The number of hydrogen-bond donors (Lipinski definition) is 0. The summed E-state index contributed by atoms with van der Waals surface area (Å²) in [7, 11) is -3.47. The van der Waals surface area contributed by atoms with E-state index in [-0.39, 0.29) is 5.41 Å². The largest absolute Gasteiger partial charge is 0.244 e. The SMILES string of the molecule is CCC1(CC)CCN(S(=O)(=O)c2cc(CCl)ccc2Br)C1. The zero-order chi connectivity index (χ0) is 15.7. The molecule has 0 aliphatic carbocycles. The molecule has 1 aromatic carbocycles. The number of sulfonamides is 1. The van der Waals surface area contributed by atoms with E-state index in [2.05, 4.69) is 29.8 Å². The van der Waals surface area contributed by atoms with Crippen molar-refractivity contribution in [1.82, 2.24) is 4.31 Å². The molecular weight excluding hydrogens is 374 g/mol. The molecule has 1 heterocycles. The Morgan fingerprint density at radius 2 is 2.00 bits per heavy atom. The predicted molar refractivity (Wildman–Crippen MR) is 90.1 cm³/mol. The number of hydrogen-bond acceptors (Lipinski definition) is 2. The van der Waals surface area contributed by atoms with Crippen LogP contribution in [0.15, 0.2) is 27.6 Å². The van der Waals surface area contributed by atoms with E-state index in [0.717, 1.165) is 24.8 Å². The van der Waals surface area contributed by atoms with E-state index in [4.69, 9.17) is 11.6 Å². The molecular formula is C15H21BrClNO2S. The Labute approximate surface area is 140 Å². The maximum Gasteiger partial charge on any atom is 0.244 e. The molecule has 1 saturated heterocycles. The van der Waals surface area contributed by atoms with Gasteiger partial charge in [0.1, 0.15) is 0 Å². The highest BCUT2D eigenvalue weighted by atomic mass is 79.9. The summed E-state index contributed by atoms with van der Waals surface area (Å²) in [5, 5.41) is 0. The summed E-state index contributed by atoms with van der Waals surface area (Å²) < 4.78 is 28.0. The molecule has 1 aliphatic heterocycles. The van der Waals surface area contributed by atoms with Crippen LogP contribution < -0.4 is 0 Å². The Morgan fingerprint density at radius 1 is 1.33 bits per heavy atom. The summed E-state index contributed by atoms with van der Waals surface area (Å²) >= 11 is 9.18. The van der Waals surface area contributed by atoms with Gasteiger partial charge in [0.05, 0.1) is 4.90 Å². The highest BCUT2D eigenvalue weighted by molar-refractivity contribution is 9.10. The summed E-state index contributed by atoms with van der Waals surface area (Å²) in [6.45, 7) is 5.49. The van der Waals surface area contributed by atoms with Crippen LogP contribution in [0, 0.1) is 5.41 Å². The Bertz CT molecular complexity index is 614. The molecule has 1 fully saturated rings. The number of rotatable bonds is 5. The van der Waals surface area contributed by atoms with Crippen molar-refractivity contribution in [3.8, 4) is 0 Å². The number of benzene rings is 1. The van der Waals surface area contributed by atoms with Crippen molar-refractivity contribution in [1.29, 1.82) is 0 Å². The predicted octanol–water partition coefficient (Wildman–Crippen LogP) is 4.39. The van der Waals surface area contributed by atoms with Gasteiger partial charge >= 0.3 is 0 Å². The number of halogens is 2. The topological polar surface area (TPSA) is 37.4 Å². The minimum atomic E-state index is -3.47. The summed E-state index contributed by atoms with van der Waals surface area (Å²) in [6, 6.07) is 5.26. The van der Waals surface area contributed by atoms with Gasteiger partial charge in [-0.25, -0.2) is 8.42 Å². The normalized spacial score (nSPS) is 19.0. The Hall–Kier alpha value is -0.100. The Balaban J connectivity index is 2.36. The van der Waals surface area contributed by atoms with E-state index >= 15 is 0 Å². The molecule has 1 aliphatic rings.